The molecule has 1 atom stereocenters. The predicted molar refractivity (Wildman–Crippen MR) is 82.6 cm³/mol. The summed E-state index contributed by atoms with van der Waals surface area (Å²) in [5, 5.41) is 4.03. The van der Waals surface area contributed by atoms with E-state index >= 15 is 0 Å². The van der Waals surface area contributed by atoms with Crippen LogP contribution in [0.3, 0.4) is 0 Å². The first-order valence-corrected chi connectivity index (χ1v) is 7.39. The second-order valence-corrected chi connectivity index (χ2v) is 5.02. The van der Waals surface area contributed by atoms with Crippen molar-refractivity contribution in [2.75, 3.05) is 13.2 Å². The maximum absolute atomic E-state index is 5.70. The van der Waals surface area contributed by atoms with Gasteiger partial charge in [0.1, 0.15) is 11.5 Å². The molecule has 1 aromatic carbocycles. The van der Waals surface area contributed by atoms with Gasteiger partial charge in [0.05, 0.1) is 18.4 Å². The zero-order valence-corrected chi connectivity index (χ0v) is 13.4. The molecule has 0 spiro atoms. The van der Waals surface area contributed by atoms with Crippen LogP contribution in [0.5, 0.6) is 5.75 Å². The third-order valence-corrected chi connectivity index (χ3v) is 3.45. The molecule has 0 saturated heterocycles. The van der Waals surface area contributed by atoms with E-state index in [2.05, 4.69) is 11.2 Å². The van der Waals surface area contributed by atoms with Crippen molar-refractivity contribution in [3.63, 3.8) is 0 Å². The quantitative estimate of drug-likeness (QED) is 0.787. The van der Waals surface area contributed by atoms with E-state index in [0.717, 1.165) is 33.9 Å². The molecular weight excluding hydrogens is 266 g/mol. The summed E-state index contributed by atoms with van der Waals surface area (Å²) >= 11 is 0. The number of benzene rings is 1. The van der Waals surface area contributed by atoms with Gasteiger partial charge in [-0.05, 0) is 63.9 Å². The summed E-state index contributed by atoms with van der Waals surface area (Å²) in [7, 11) is 0. The molecule has 0 bridgehead atoms. The van der Waals surface area contributed by atoms with Crippen LogP contribution in [-0.4, -0.2) is 18.4 Å². The van der Waals surface area contributed by atoms with Gasteiger partial charge >= 0.3 is 0 Å². The summed E-state index contributed by atoms with van der Waals surface area (Å²) in [4.78, 5) is 0. The highest BCUT2D eigenvalue weighted by atomic mass is 16.5. The molecular formula is C17H23NO3. The normalized spacial score (nSPS) is 12.4. The van der Waals surface area contributed by atoms with Gasteiger partial charge in [0.2, 0.25) is 0 Å². The largest absolute Gasteiger partial charge is 0.494 e. The van der Waals surface area contributed by atoms with Crippen LogP contribution in [0.4, 0.5) is 0 Å². The van der Waals surface area contributed by atoms with Crippen molar-refractivity contribution >= 4 is 0 Å². The lowest BCUT2D eigenvalue weighted by Crippen LogP contribution is -2.01. The molecule has 1 aromatic heterocycles. The first-order valence-electron chi connectivity index (χ1n) is 7.39. The molecule has 0 amide bonds. The Balaban J connectivity index is 2.50. The highest BCUT2D eigenvalue weighted by Crippen LogP contribution is 2.33. The summed E-state index contributed by atoms with van der Waals surface area (Å²) < 4.78 is 16.7. The van der Waals surface area contributed by atoms with Gasteiger partial charge in [0.15, 0.2) is 0 Å². The molecule has 1 heterocycles. The molecule has 0 fully saturated rings. The van der Waals surface area contributed by atoms with Crippen molar-refractivity contribution < 1.29 is 14.0 Å². The summed E-state index contributed by atoms with van der Waals surface area (Å²) in [6.45, 7) is 11.2. The van der Waals surface area contributed by atoms with E-state index in [9.17, 15) is 0 Å². The zero-order valence-electron chi connectivity index (χ0n) is 13.4. The Morgan fingerprint density at radius 2 is 1.90 bits per heavy atom. The van der Waals surface area contributed by atoms with Gasteiger partial charge in [0, 0.05) is 12.2 Å². The van der Waals surface area contributed by atoms with Crippen molar-refractivity contribution in [3.8, 4) is 16.9 Å². The van der Waals surface area contributed by atoms with Gasteiger partial charge in [0.25, 0.3) is 0 Å². The van der Waals surface area contributed by atoms with Gasteiger partial charge in [-0.2, -0.15) is 0 Å². The maximum Gasteiger partial charge on any atom is 0.141 e. The van der Waals surface area contributed by atoms with Crippen LogP contribution < -0.4 is 4.74 Å². The summed E-state index contributed by atoms with van der Waals surface area (Å²) in [5.74, 6) is 1.66. The smallest absolute Gasteiger partial charge is 0.141 e. The Morgan fingerprint density at radius 1 is 1.14 bits per heavy atom. The molecule has 114 valence electrons. The summed E-state index contributed by atoms with van der Waals surface area (Å²) in [6, 6.07) is 6.18. The Bertz CT molecular complexity index is 585. The van der Waals surface area contributed by atoms with E-state index in [0.29, 0.717) is 13.2 Å². The van der Waals surface area contributed by atoms with Crippen molar-refractivity contribution in [1.29, 1.82) is 0 Å². The average Bonchev–Trinajstić information content (AvgIpc) is 2.78. The molecule has 2 aromatic rings. The number of hydrogen-bond acceptors (Lipinski definition) is 4. The predicted octanol–water partition coefficient (Wildman–Crippen LogP) is 4.45. The van der Waals surface area contributed by atoms with Crippen molar-refractivity contribution in [1.82, 2.24) is 5.16 Å². The lowest BCUT2D eigenvalue weighted by molar-refractivity contribution is 0.0762. The standard InChI is InChI=1S/C17H23NO3/c1-6-19-12(4)14-8-15(10-16(9-14)20-7-2)17-11(3)18-21-13(17)5/h8-10,12H,6-7H2,1-5H3. The number of hydrogen-bond donors (Lipinski definition) is 0. The third kappa shape index (κ3) is 3.45. The molecule has 0 aliphatic carbocycles. The third-order valence-electron chi connectivity index (χ3n) is 3.45. The van der Waals surface area contributed by atoms with Crippen LogP contribution in [0.1, 0.15) is 43.9 Å². The van der Waals surface area contributed by atoms with E-state index in [1.165, 1.54) is 0 Å². The summed E-state index contributed by atoms with van der Waals surface area (Å²) in [5.41, 5.74) is 4.06. The highest BCUT2D eigenvalue weighted by Gasteiger charge is 2.15. The number of ether oxygens (including phenoxy) is 2. The molecule has 0 aliphatic heterocycles. The van der Waals surface area contributed by atoms with Gasteiger partial charge in [-0.1, -0.05) is 5.16 Å². The molecule has 2 rings (SSSR count). The first-order chi connectivity index (χ1) is 10.1. The summed E-state index contributed by atoms with van der Waals surface area (Å²) in [6.07, 6.45) is 0.0228. The lowest BCUT2D eigenvalue weighted by Gasteiger charge is -2.15. The number of rotatable bonds is 6. The lowest BCUT2D eigenvalue weighted by atomic mass is 9.99. The number of nitrogens with zero attached hydrogens (tertiary/aromatic N) is 1. The van der Waals surface area contributed by atoms with Crippen LogP contribution in [-0.2, 0) is 4.74 Å². The van der Waals surface area contributed by atoms with E-state index in [1.807, 2.05) is 46.8 Å². The van der Waals surface area contributed by atoms with E-state index in [1.54, 1.807) is 0 Å². The van der Waals surface area contributed by atoms with Crippen LogP contribution in [0.25, 0.3) is 11.1 Å². The Labute approximate surface area is 126 Å². The molecule has 0 aliphatic rings. The Morgan fingerprint density at radius 3 is 2.48 bits per heavy atom. The second kappa shape index (κ2) is 6.76. The minimum Gasteiger partial charge on any atom is -0.494 e. The second-order valence-electron chi connectivity index (χ2n) is 5.02. The van der Waals surface area contributed by atoms with Crippen molar-refractivity contribution in [3.05, 3.63) is 35.2 Å². The highest BCUT2D eigenvalue weighted by molar-refractivity contribution is 5.70. The molecule has 0 radical (unpaired) electrons. The Kier molecular flexibility index (Phi) is 5.02. The Hall–Kier alpha value is -1.81. The zero-order chi connectivity index (χ0) is 15.4. The van der Waals surface area contributed by atoms with Crippen LogP contribution in [0, 0.1) is 13.8 Å². The SMILES string of the molecule is CCOc1cc(-c2c(C)noc2C)cc(C(C)OCC)c1. The van der Waals surface area contributed by atoms with E-state index < -0.39 is 0 Å². The van der Waals surface area contributed by atoms with Crippen LogP contribution in [0.15, 0.2) is 22.7 Å². The van der Waals surface area contributed by atoms with Gasteiger partial charge < -0.3 is 14.0 Å². The molecule has 4 nitrogen and oxygen atoms in total. The van der Waals surface area contributed by atoms with Crippen molar-refractivity contribution in [2.24, 2.45) is 0 Å². The fourth-order valence-electron chi connectivity index (χ4n) is 2.49. The first kappa shape index (κ1) is 15.6. The molecule has 1 unspecified atom stereocenters. The fourth-order valence-corrected chi connectivity index (χ4v) is 2.49. The minimum atomic E-state index is 0.0228. The van der Waals surface area contributed by atoms with Crippen molar-refractivity contribution in [2.45, 2.75) is 40.7 Å². The molecule has 0 saturated carbocycles. The van der Waals surface area contributed by atoms with Crippen LogP contribution in [0.2, 0.25) is 0 Å². The monoisotopic (exact) mass is 289 g/mol. The average molecular weight is 289 g/mol. The van der Waals surface area contributed by atoms with Gasteiger partial charge in [-0.25, -0.2) is 0 Å². The molecule has 4 heteroatoms. The topological polar surface area (TPSA) is 44.5 Å². The van der Waals surface area contributed by atoms with Gasteiger partial charge in [-0.3, -0.25) is 0 Å². The number of aryl methyl sites for hydroxylation is 2. The van der Waals surface area contributed by atoms with E-state index in [4.69, 9.17) is 14.0 Å². The number of aromatic nitrogens is 1. The minimum absolute atomic E-state index is 0.0228. The van der Waals surface area contributed by atoms with Gasteiger partial charge in [-0.15, -0.1) is 0 Å². The van der Waals surface area contributed by atoms with E-state index in [-0.39, 0.29) is 6.10 Å². The molecule has 0 N–H and O–H groups in total. The maximum atomic E-state index is 5.70. The molecule has 21 heavy (non-hydrogen) atoms. The van der Waals surface area contributed by atoms with Crippen LogP contribution >= 0.6 is 0 Å². The fraction of sp³-hybridized carbons (Fsp3) is 0.471.